The number of nitrogens with zero attached hydrogens (tertiary/aromatic N) is 1. The second-order valence-electron chi connectivity index (χ2n) is 4.16. The van der Waals surface area contributed by atoms with E-state index < -0.39 is 0 Å². The van der Waals surface area contributed by atoms with Crippen LogP contribution in [0.5, 0.6) is 0 Å². The van der Waals surface area contributed by atoms with E-state index in [2.05, 4.69) is 11.9 Å². The SMILES string of the molecule is CCOC(CN(C)Cc1ccc(Cl)cc1)OCC. The summed E-state index contributed by atoms with van der Waals surface area (Å²) in [6.45, 7) is 6.90. The lowest BCUT2D eigenvalue weighted by Gasteiger charge is -2.23. The summed E-state index contributed by atoms with van der Waals surface area (Å²) in [5.74, 6) is 0. The highest BCUT2D eigenvalue weighted by Gasteiger charge is 2.11. The molecule has 0 atom stereocenters. The van der Waals surface area contributed by atoms with Gasteiger partial charge >= 0.3 is 0 Å². The number of ether oxygens (including phenoxy) is 2. The van der Waals surface area contributed by atoms with E-state index in [9.17, 15) is 0 Å². The first kappa shape index (κ1) is 15.4. The molecule has 0 aliphatic carbocycles. The van der Waals surface area contributed by atoms with Crippen LogP contribution in [0.15, 0.2) is 24.3 Å². The second kappa shape index (κ2) is 8.48. The molecule has 1 aromatic rings. The quantitative estimate of drug-likeness (QED) is 0.678. The number of hydrogen-bond donors (Lipinski definition) is 0. The molecule has 0 N–H and O–H groups in total. The fourth-order valence-electron chi connectivity index (χ4n) is 1.75. The molecule has 1 rings (SSSR count). The Morgan fingerprint density at radius 1 is 1.11 bits per heavy atom. The van der Waals surface area contributed by atoms with Crippen LogP contribution in [0.3, 0.4) is 0 Å². The number of halogens is 1. The number of benzene rings is 1. The van der Waals surface area contributed by atoms with Crippen molar-refractivity contribution in [1.29, 1.82) is 0 Å². The Morgan fingerprint density at radius 2 is 1.67 bits per heavy atom. The summed E-state index contributed by atoms with van der Waals surface area (Å²) in [5.41, 5.74) is 1.23. The summed E-state index contributed by atoms with van der Waals surface area (Å²) in [6.07, 6.45) is -0.155. The maximum absolute atomic E-state index is 5.86. The van der Waals surface area contributed by atoms with Crippen LogP contribution >= 0.6 is 11.6 Å². The standard InChI is InChI=1S/C14H22ClNO2/c1-4-17-14(18-5-2)11-16(3)10-12-6-8-13(15)9-7-12/h6-9,14H,4-5,10-11H2,1-3H3. The van der Waals surface area contributed by atoms with Crippen LogP contribution in [0.25, 0.3) is 0 Å². The Labute approximate surface area is 115 Å². The van der Waals surface area contributed by atoms with Crippen LogP contribution in [-0.4, -0.2) is 38.0 Å². The van der Waals surface area contributed by atoms with Crippen molar-refractivity contribution in [2.45, 2.75) is 26.7 Å². The molecular weight excluding hydrogens is 250 g/mol. The first-order valence-corrected chi connectivity index (χ1v) is 6.69. The maximum Gasteiger partial charge on any atom is 0.170 e. The van der Waals surface area contributed by atoms with Crippen LogP contribution in [0.4, 0.5) is 0 Å². The van der Waals surface area contributed by atoms with Gasteiger partial charge in [-0.3, -0.25) is 4.90 Å². The van der Waals surface area contributed by atoms with E-state index in [0.29, 0.717) is 13.2 Å². The van der Waals surface area contributed by atoms with Crippen LogP contribution in [0.2, 0.25) is 5.02 Å². The molecular formula is C14H22ClNO2. The van der Waals surface area contributed by atoms with Gasteiger partial charge in [0.1, 0.15) is 0 Å². The summed E-state index contributed by atoms with van der Waals surface area (Å²) in [5, 5.41) is 0.767. The van der Waals surface area contributed by atoms with Crippen LogP contribution in [-0.2, 0) is 16.0 Å². The maximum atomic E-state index is 5.86. The third kappa shape index (κ3) is 5.83. The molecule has 0 fully saturated rings. The minimum Gasteiger partial charge on any atom is -0.352 e. The van der Waals surface area contributed by atoms with Gasteiger partial charge in [-0.05, 0) is 38.6 Å². The molecule has 0 aromatic heterocycles. The predicted molar refractivity (Wildman–Crippen MR) is 74.8 cm³/mol. The van der Waals surface area contributed by atoms with E-state index in [1.165, 1.54) is 5.56 Å². The van der Waals surface area contributed by atoms with Gasteiger partial charge in [-0.1, -0.05) is 23.7 Å². The molecule has 3 nitrogen and oxygen atoms in total. The topological polar surface area (TPSA) is 21.7 Å². The van der Waals surface area contributed by atoms with Crippen LogP contribution in [0.1, 0.15) is 19.4 Å². The molecule has 0 aliphatic rings. The van der Waals surface area contributed by atoms with E-state index in [4.69, 9.17) is 21.1 Å². The molecule has 102 valence electrons. The first-order valence-electron chi connectivity index (χ1n) is 6.31. The van der Waals surface area contributed by atoms with Crippen molar-refractivity contribution < 1.29 is 9.47 Å². The van der Waals surface area contributed by atoms with E-state index in [-0.39, 0.29) is 6.29 Å². The van der Waals surface area contributed by atoms with Gasteiger partial charge in [0.25, 0.3) is 0 Å². The molecule has 0 heterocycles. The third-order valence-corrected chi connectivity index (χ3v) is 2.78. The van der Waals surface area contributed by atoms with Gasteiger partial charge in [-0.25, -0.2) is 0 Å². The second-order valence-corrected chi connectivity index (χ2v) is 4.60. The first-order chi connectivity index (χ1) is 8.65. The molecule has 0 saturated carbocycles. The molecule has 0 saturated heterocycles. The fourth-order valence-corrected chi connectivity index (χ4v) is 1.87. The Hall–Kier alpha value is -0.610. The largest absolute Gasteiger partial charge is 0.352 e. The van der Waals surface area contributed by atoms with E-state index >= 15 is 0 Å². The van der Waals surface area contributed by atoms with Gasteiger partial charge in [-0.2, -0.15) is 0 Å². The van der Waals surface area contributed by atoms with Crippen LogP contribution < -0.4 is 0 Å². The van der Waals surface area contributed by atoms with Gasteiger partial charge < -0.3 is 9.47 Å². The Morgan fingerprint density at radius 3 is 2.17 bits per heavy atom. The number of rotatable bonds is 8. The molecule has 0 aliphatic heterocycles. The van der Waals surface area contributed by atoms with Crippen LogP contribution in [0, 0.1) is 0 Å². The average molecular weight is 272 g/mol. The van der Waals surface area contributed by atoms with E-state index in [0.717, 1.165) is 18.1 Å². The molecule has 1 aromatic carbocycles. The number of likely N-dealkylation sites (N-methyl/N-ethyl adjacent to an activating group) is 1. The normalized spacial score (nSPS) is 11.4. The molecule has 0 radical (unpaired) electrons. The van der Waals surface area contributed by atoms with Crippen molar-refractivity contribution in [3.8, 4) is 0 Å². The van der Waals surface area contributed by atoms with Crippen molar-refractivity contribution in [1.82, 2.24) is 4.90 Å². The van der Waals surface area contributed by atoms with E-state index in [1.54, 1.807) is 0 Å². The van der Waals surface area contributed by atoms with Crippen molar-refractivity contribution in [3.63, 3.8) is 0 Å². The zero-order chi connectivity index (χ0) is 13.4. The fraction of sp³-hybridized carbons (Fsp3) is 0.571. The van der Waals surface area contributed by atoms with Gasteiger partial charge in [0.05, 0.1) is 0 Å². The lowest BCUT2D eigenvalue weighted by molar-refractivity contribution is -0.145. The molecule has 18 heavy (non-hydrogen) atoms. The lowest BCUT2D eigenvalue weighted by atomic mass is 10.2. The Kier molecular flexibility index (Phi) is 7.28. The monoisotopic (exact) mass is 271 g/mol. The highest BCUT2D eigenvalue weighted by atomic mass is 35.5. The van der Waals surface area contributed by atoms with Gasteiger partial charge in [0.15, 0.2) is 6.29 Å². The zero-order valence-electron chi connectivity index (χ0n) is 11.4. The Bertz CT molecular complexity index is 323. The highest BCUT2D eigenvalue weighted by molar-refractivity contribution is 6.30. The molecule has 0 bridgehead atoms. The molecule has 0 amide bonds. The number of hydrogen-bond acceptors (Lipinski definition) is 3. The van der Waals surface area contributed by atoms with Crippen molar-refractivity contribution in [3.05, 3.63) is 34.9 Å². The highest BCUT2D eigenvalue weighted by Crippen LogP contribution is 2.11. The minimum absolute atomic E-state index is 0.155. The summed E-state index contributed by atoms with van der Waals surface area (Å²) in [6, 6.07) is 7.89. The smallest absolute Gasteiger partial charge is 0.170 e. The lowest BCUT2D eigenvalue weighted by Crippen LogP contribution is -2.32. The summed E-state index contributed by atoms with van der Waals surface area (Å²) in [7, 11) is 2.06. The third-order valence-electron chi connectivity index (χ3n) is 2.53. The Balaban J connectivity index is 2.43. The summed E-state index contributed by atoms with van der Waals surface area (Å²) < 4.78 is 11.0. The predicted octanol–water partition coefficient (Wildman–Crippen LogP) is 3.17. The molecule has 0 spiro atoms. The molecule has 4 heteroatoms. The average Bonchev–Trinajstić information content (AvgIpc) is 2.33. The minimum atomic E-state index is -0.155. The zero-order valence-corrected chi connectivity index (χ0v) is 12.1. The van der Waals surface area contributed by atoms with E-state index in [1.807, 2.05) is 38.1 Å². The van der Waals surface area contributed by atoms with Gasteiger partial charge in [0.2, 0.25) is 0 Å². The molecule has 0 unspecified atom stereocenters. The van der Waals surface area contributed by atoms with Crippen molar-refractivity contribution in [2.24, 2.45) is 0 Å². The summed E-state index contributed by atoms with van der Waals surface area (Å²) in [4.78, 5) is 2.18. The van der Waals surface area contributed by atoms with Gasteiger partial charge in [-0.15, -0.1) is 0 Å². The van der Waals surface area contributed by atoms with Gasteiger partial charge in [0, 0.05) is 31.3 Å². The van der Waals surface area contributed by atoms with Crippen molar-refractivity contribution >= 4 is 11.6 Å². The van der Waals surface area contributed by atoms with Crippen molar-refractivity contribution in [2.75, 3.05) is 26.8 Å². The summed E-state index contributed by atoms with van der Waals surface area (Å²) >= 11 is 5.86.